The second-order valence-electron chi connectivity index (χ2n) is 2.25. The predicted octanol–water partition coefficient (Wildman–Crippen LogP) is 2.73. The molecule has 1 saturated heterocycles. The topological polar surface area (TPSA) is 30.8 Å². The van der Waals surface area contributed by atoms with Crippen LogP contribution < -0.4 is 0 Å². The van der Waals surface area contributed by atoms with Gasteiger partial charge in [-0.25, -0.2) is 0 Å². The molecule has 0 N–H and O–H groups in total. The van der Waals surface area contributed by atoms with Crippen LogP contribution in [-0.2, 0) is 20.9 Å². The predicted molar refractivity (Wildman–Crippen MR) is 65.3 cm³/mol. The van der Waals surface area contributed by atoms with Crippen molar-refractivity contribution in [1.29, 1.82) is 0 Å². The van der Waals surface area contributed by atoms with Crippen LogP contribution in [0.25, 0.3) is 0 Å². The van der Waals surface area contributed by atoms with E-state index in [1.165, 1.54) is 6.42 Å². The van der Waals surface area contributed by atoms with Gasteiger partial charge < -0.3 is 9.05 Å². The lowest BCUT2D eigenvalue weighted by molar-refractivity contribution is 0.339. The molecule has 0 bridgehead atoms. The zero-order valence-corrected chi connectivity index (χ0v) is 10.9. The normalized spacial score (nSPS) is 18.8. The van der Waals surface area contributed by atoms with E-state index in [1.807, 2.05) is 0 Å². The van der Waals surface area contributed by atoms with E-state index >= 15 is 0 Å². The van der Waals surface area contributed by atoms with Gasteiger partial charge in [-0.1, -0.05) is 23.5 Å². The first-order valence-electron chi connectivity index (χ1n) is 3.77. The molecule has 1 aliphatic heterocycles. The smallest absolute Gasteiger partial charge is 0.309 e. The van der Waals surface area contributed by atoms with Gasteiger partial charge in [-0.15, -0.1) is 0 Å². The summed E-state index contributed by atoms with van der Waals surface area (Å²) in [5.41, 5.74) is 0. The maximum Gasteiger partial charge on any atom is 0.309 e. The average molecular weight is 257 g/mol. The second-order valence-corrected chi connectivity index (χ2v) is 7.93. The molecule has 0 radical (unpaired) electrons. The van der Waals surface area contributed by atoms with Crippen LogP contribution >= 0.6 is 30.2 Å². The molecule has 76 valence electrons. The summed E-state index contributed by atoms with van der Waals surface area (Å²) in [5.74, 6) is 2.24. The minimum absolute atomic E-state index is 1.01. The fourth-order valence-electron chi connectivity index (χ4n) is 0.733. The lowest BCUT2D eigenvalue weighted by atomic mass is 10.6. The van der Waals surface area contributed by atoms with E-state index in [0.717, 1.165) is 15.9 Å². The molecule has 0 unspecified atom stereocenters. The quantitative estimate of drug-likeness (QED) is 0.726. The molecule has 1 aliphatic rings. The zero-order valence-electron chi connectivity index (χ0n) is 7.56. The molecule has 0 atom stereocenters. The van der Waals surface area contributed by atoms with Crippen molar-refractivity contribution in [2.45, 2.75) is 6.42 Å². The van der Waals surface area contributed by atoms with Gasteiger partial charge in [0.1, 0.15) is 4.38 Å². The molecule has 7 heteroatoms. The molecule has 1 heterocycles. The number of rotatable bonds is 3. The van der Waals surface area contributed by atoms with Crippen LogP contribution in [0.5, 0.6) is 0 Å². The van der Waals surface area contributed by atoms with E-state index in [9.17, 15) is 0 Å². The Labute approximate surface area is 92.3 Å². The second kappa shape index (κ2) is 5.73. The van der Waals surface area contributed by atoms with Crippen molar-refractivity contribution < 1.29 is 9.05 Å². The third kappa shape index (κ3) is 3.90. The summed E-state index contributed by atoms with van der Waals surface area (Å²) in [6, 6.07) is 0. The highest BCUT2D eigenvalue weighted by molar-refractivity contribution is 8.39. The monoisotopic (exact) mass is 257 g/mol. The van der Waals surface area contributed by atoms with Crippen LogP contribution in [0.15, 0.2) is 4.76 Å². The molecular weight excluding hydrogens is 245 g/mol. The lowest BCUT2D eigenvalue weighted by Crippen LogP contribution is -2.00. The fraction of sp³-hybridized carbons (Fsp3) is 0.833. The Morgan fingerprint density at radius 3 is 2.31 bits per heavy atom. The molecule has 0 aromatic carbocycles. The van der Waals surface area contributed by atoms with E-state index in [-0.39, 0.29) is 0 Å². The highest BCUT2D eigenvalue weighted by atomic mass is 32.5. The first-order chi connectivity index (χ1) is 6.20. The van der Waals surface area contributed by atoms with Crippen molar-refractivity contribution in [2.24, 2.45) is 4.76 Å². The summed E-state index contributed by atoms with van der Waals surface area (Å²) in [6.07, 6.45) is 1.23. The van der Waals surface area contributed by atoms with Crippen molar-refractivity contribution in [3.8, 4) is 0 Å². The van der Waals surface area contributed by atoms with Crippen molar-refractivity contribution in [3.63, 3.8) is 0 Å². The van der Waals surface area contributed by atoms with E-state index in [2.05, 4.69) is 4.76 Å². The van der Waals surface area contributed by atoms with Gasteiger partial charge in [0.25, 0.3) is 0 Å². The minimum atomic E-state index is -2.37. The van der Waals surface area contributed by atoms with Gasteiger partial charge in [-0.05, 0) is 18.2 Å². The highest BCUT2D eigenvalue weighted by Gasteiger charge is 2.17. The van der Waals surface area contributed by atoms with Gasteiger partial charge in [-0.2, -0.15) is 4.76 Å². The number of nitrogens with zero attached hydrogens (tertiary/aromatic N) is 1. The molecule has 0 aliphatic carbocycles. The van der Waals surface area contributed by atoms with Crippen molar-refractivity contribution in [1.82, 2.24) is 0 Å². The third-order valence-corrected chi connectivity index (χ3v) is 6.55. The Morgan fingerprint density at radius 1 is 1.31 bits per heavy atom. The summed E-state index contributed by atoms with van der Waals surface area (Å²) >= 11 is 8.61. The number of thioether (sulfide) groups is 2. The number of hydrogen-bond acceptors (Lipinski definition) is 5. The maximum atomic E-state index is 5.14. The highest BCUT2D eigenvalue weighted by Crippen LogP contribution is 2.50. The Hall–Kier alpha value is 0.940. The largest absolute Gasteiger partial charge is 0.316 e. The SMILES string of the molecule is COP(=S)(N=C1SCCCS1)OC. The lowest BCUT2D eigenvalue weighted by Gasteiger charge is -2.16. The first-order valence-corrected chi connectivity index (χ1v) is 8.34. The molecule has 13 heavy (non-hydrogen) atoms. The summed E-state index contributed by atoms with van der Waals surface area (Å²) in [4.78, 5) is 0. The molecule has 1 fully saturated rings. The molecule has 0 aromatic rings. The van der Waals surface area contributed by atoms with Gasteiger partial charge in [0, 0.05) is 25.7 Å². The standard InChI is InChI=1S/C6H12NO2PS3/c1-8-10(11,9-2)7-6-12-4-3-5-13-6/h3-5H2,1-2H3. The van der Waals surface area contributed by atoms with Crippen LogP contribution in [0.4, 0.5) is 0 Å². The van der Waals surface area contributed by atoms with Crippen LogP contribution in [0.3, 0.4) is 0 Å². The molecule has 0 amide bonds. The van der Waals surface area contributed by atoms with E-state index in [0.29, 0.717) is 0 Å². The maximum absolute atomic E-state index is 5.14. The van der Waals surface area contributed by atoms with E-state index in [4.69, 9.17) is 20.9 Å². The van der Waals surface area contributed by atoms with Gasteiger partial charge in [0.15, 0.2) is 0 Å². The Bertz CT molecular complexity index is 230. The van der Waals surface area contributed by atoms with Crippen molar-refractivity contribution in [3.05, 3.63) is 0 Å². The van der Waals surface area contributed by atoms with Gasteiger partial charge in [0.2, 0.25) is 0 Å². The molecule has 0 saturated carbocycles. The fourth-order valence-corrected chi connectivity index (χ4v) is 4.85. The van der Waals surface area contributed by atoms with E-state index < -0.39 is 6.64 Å². The summed E-state index contributed by atoms with van der Waals surface area (Å²) in [7, 11) is 3.10. The minimum Gasteiger partial charge on any atom is -0.316 e. The Kier molecular flexibility index (Phi) is 5.30. The van der Waals surface area contributed by atoms with Crippen LogP contribution in [0.1, 0.15) is 6.42 Å². The summed E-state index contributed by atoms with van der Waals surface area (Å²) < 4.78 is 15.5. The molecule has 1 rings (SSSR count). The van der Waals surface area contributed by atoms with Gasteiger partial charge >= 0.3 is 6.64 Å². The van der Waals surface area contributed by atoms with Gasteiger partial charge in [-0.3, -0.25) is 0 Å². The zero-order chi connectivity index (χ0) is 9.73. The molecular formula is C6H12NO2PS3. The summed E-state index contributed by atoms with van der Waals surface area (Å²) in [6.45, 7) is -2.37. The molecule has 0 aromatic heterocycles. The Balaban J connectivity index is 2.65. The summed E-state index contributed by atoms with van der Waals surface area (Å²) in [5, 5.41) is 0. The molecule has 0 spiro atoms. The molecule has 3 nitrogen and oxygen atoms in total. The van der Waals surface area contributed by atoms with Crippen molar-refractivity contribution >= 4 is 46.3 Å². The number of hydrogen-bond donors (Lipinski definition) is 0. The van der Waals surface area contributed by atoms with Crippen molar-refractivity contribution in [2.75, 3.05) is 25.7 Å². The third-order valence-electron chi connectivity index (χ3n) is 1.41. The Morgan fingerprint density at radius 2 is 1.85 bits per heavy atom. The van der Waals surface area contributed by atoms with Gasteiger partial charge in [0.05, 0.1) is 0 Å². The van der Waals surface area contributed by atoms with Crippen LogP contribution in [-0.4, -0.2) is 30.1 Å². The first kappa shape index (κ1) is 12.0. The van der Waals surface area contributed by atoms with Crippen LogP contribution in [0.2, 0.25) is 0 Å². The average Bonchev–Trinajstić information content (AvgIpc) is 2.19. The van der Waals surface area contributed by atoms with E-state index in [1.54, 1.807) is 37.7 Å². The van der Waals surface area contributed by atoms with Crippen LogP contribution in [0, 0.1) is 0 Å².